The number of benzene rings is 3. The van der Waals surface area contributed by atoms with Gasteiger partial charge >= 0.3 is 6.09 Å². The molecule has 25 heteroatoms. The number of nitrogens with one attached hydrogen (secondary N) is 5. The number of carbonyl (C=O) groups is 5. The largest absolute Gasteiger partial charge is 0.484 e. The van der Waals surface area contributed by atoms with E-state index in [2.05, 4.69) is 77.7 Å². The molecular formula is C60H62F2N12O9S2. The number of hydrogen-bond acceptors (Lipinski definition) is 18. The fraction of sp³-hybridized carbons (Fsp3) is 0.333. The van der Waals surface area contributed by atoms with Gasteiger partial charge in [0.25, 0.3) is 17.7 Å². The molecular weight excluding hydrogens is 1130 g/mol. The minimum Gasteiger partial charge on any atom is -0.484 e. The monoisotopic (exact) mass is 1200 g/mol. The lowest BCUT2D eigenvalue weighted by molar-refractivity contribution is -0.131. The van der Waals surface area contributed by atoms with Gasteiger partial charge in [0.2, 0.25) is 17.7 Å². The fourth-order valence-electron chi connectivity index (χ4n) is 9.46. The van der Waals surface area contributed by atoms with Crippen LogP contribution in [0.5, 0.6) is 11.6 Å². The van der Waals surface area contributed by atoms with Crippen LogP contribution >= 0.6 is 21.6 Å². The summed E-state index contributed by atoms with van der Waals surface area (Å²) in [5.74, 6) is -4.66. The lowest BCUT2D eigenvalue weighted by Gasteiger charge is -2.19. The molecule has 0 saturated carbocycles. The molecule has 7 N–H and O–H groups in total. The molecule has 0 aliphatic carbocycles. The Hall–Kier alpha value is -8.70. The molecule has 21 nitrogen and oxygen atoms in total. The van der Waals surface area contributed by atoms with E-state index in [1.54, 1.807) is 42.9 Å². The van der Waals surface area contributed by atoms with Crippen LogP contribution in [-0.2, 0) is 36.9 Å². The molecule has 0 radical (unpaired) electrons. The summed E-state index contributed by atoms with van der Waals surface area (Å²) in [7, 11) is 4.21. The summed E-state index contributed by atoms with van der Waals surface area (Å²) in [5.41, 5.74) is 14.3. The van der Waals surface area contributed by atoms with E-state index in [0.29, 0.717) is 40.5 Å². The van der Waals surface area contributed by atoms with Gasteiger partial charge in [-0.25, -0.2) is 18.6 Å². The van der Waals surface area contributed by atoms with E-state index >= 15 is 0 Å². The zero-order chi connectivity index (χ0) is 59.9. The molecule has 85 heavy (non-hydrogen) atoms. The van der Waals surface area contributed by atoms with Crippen LogP contribution in [0.15, 0.2) is 116 Å². The number of nitrogens with zero attached hydrogens (tertiary/aromatic N) is 6. The van der Waals surface area contributed by atoms with Crippen LogP contribution in [-0.4, -0.2) is 143 Å². The van der Waals surface area contributed by atoms with E-state index in [4.69, 9.17) is 24.7 Å². The van der Waals surface area contributed by atoms with Crippen molar-refractivity contribution < 1.29 is 51.7 Å². The van der Waals surface area contributed by atoms with Crippen LogP contribution in [0.4, 0.5) is 19.3 Å². The molecule has 2 fully saturated rings. The molecule has 3 aromatic carbocycles. The molecule has 442 valence electrons. The van der Waals surface area contributed by atoms with Gasteiger partial charge < -0.3 is 50.8 Å². The minimum atomic E-state index is -3.21. The average Bonchev–Trinajstić information content (AvgIpc) is 3.53. The fourth-order valence-corrected chi connectivity index (χ4v) is 11.5. The van der Waals surface area contributed by atoms with Crippen molar-refractivity contribution in [2.75, 3.05) is 63.7 Å². The first-order valence-corrected chi connectivity index (χ1v) is 29.8. The minimum absolute atomic E-state index is 0.0703. The molecule has 7 aromatic rings. The number of alkyl carbamates (subject to hydrolysis) is 1. The maximum Gasteiger partial charge on any atom is 0.407 e. The van der Waals surface area contributed by atoms with Crippen molar-refractivity contribution in [3.8, 4) is 40.0 Å². The number of epoxide rings is 1. The number of aryl methyl sites for hydroxylation is 2. The van der Waals surface area contributed by atoms with Crippen LogP contribution < -0.4 is 41.8 Å². The summed E-state index contributed by atoms with van der Waals surface area (Å²) >= 11 is 0. The van der Waals surface area contributed by atoms with Gasteiger partial charge in [-0.3, -0.25) is 39.4 Å². The van der Waals surface area contributed by atoms with E-state index < -0.39 is 73.8 Å². The van der Waals surface area contributed by atoms with Gasteiger partial charge in [-0.1, -0.05) is 63.5 Å². The summed E-state index contributed by atoms with van der Waals surface area (Å²) in [6.45, 7) is 0.863. The number of hydrogen-bond donors (Lipinski definition) is 6. The number of pyridine rings is 4. The Morgan fingerprint density at radius 1 is 0.859 bits per heavy atom. The number of ether oxygens (including phenoxy) is 4. The highest BCUT2D eigenvalue weighted by Crippen LogP contribution is 2.34. The zero-order valence-corrected chi connectivity index (χ0v) is 48.1. The second kappa shape index (κ2) is 28.7. The summed E-state index contributed by atoms with van der Waals surface area (Å²) < 4.78 is 50.2. The summed E-state index contributed by atoms with van der Waals surface area (Å²) in [6.07, 6.45) is 7.93. The number of halogens is 2. The molecule has 4 atom stereocenters. The van der Waals surface area contributed by atoms with Crippen molar-refractivity contribution >= 4 is 78.8 Å². The van der Waals surface area contributed by atoms with Gasteiger partial charge in [0.1, 0.15) is 30.7 Å². The van der Waals surface area contributed by atoms with Crippen molar-refractivity contribution in [3.05, 3.63) is 138 Å². The van der Waals surface area contributed by atoms with Crippen molar-refractivity contribution in [1.82, 2.24) is 51.4 Å². The Balaban J connectivity index is 0.735. The normalized spacial score (nSPS) is 16.2. The predicted octanol–water partition coefficient (Wildman–Crippen LogP) is 6.92. The number of alkyl halides is 2. The number of methoxy groups -OCH3 is 1. The number of aromatic nitrogens is 4. The Kier molecular flexibility index (Phi) is 20.6. The highest BCUT2D eigenvalue weighted by atomic mass is 33.1. The Morgan fingerprint density at radius 3 is 2.41 bits per heavy atom. The number of carbonyl (C=O) groups excluding carboxylic acids is 5. The topological polar surface area (TPSA) is 290 Å². The molecule has 5 amide bonds. The molecule has 6 heterocycles. The molecule has 0 spiro atoms. The zero-order valence-electron chi connectivity index (χ0n) is 46.5. The maximum absolute atomic E-state index is 14.0. The van der Waals surface area contributed by atoms with Crippen molar-refractivity contribution in [1.29, 1.82) is 5.26 Å². The van der Waals surface area contributed by atoms with Crippen LogP contribution in [0.2, 0.25) is 0 Å². The predicted molar refractivity (Wildman–Crippen MR) is 318 cm³/mol. The van der Waals surface area contributed by atoms with Gasteiger partial charge in [-0.2, -0.15) is 5.26 Å². The van der Waals surface area contributed by atoms with Gasteiger partial charge in [0, 0.05) is 84.2 Å². The first kappa shape index (κ1) is 60.9. The molecule has 9 rings (SSSR count). The van der Waals surface area contributed by atoms with Crippen molar-refractivity contribution in [2.45, 2.75) is 69.6 Å². The number of nitrogen functional groups attached to an aromatic ring is 1. The number of amides is 5. The molecule has 2 saturated heterocycles. The molecule has 3 unspecified atom stereocenters. The second-order valence-corrected chi connectivity index (χ2v) is 22.8. The van der Waals surface area contributed by atoms with Crippen LogP contribution in [0.3, 0.4) is 0 Å². The first-order valence-electron chi connectivity index (χ1n) is 27.3. The molecule has 2 aliphatic rings. The third-order valence-corrected chi connectivity index (χ3v) is 16.4. The maximum atomic E-state index is 14.0. The summed E-state index contributed by atoms with van der Waals surface area (Å²) in [5, 5.41) is 24.6. The van der Waals surface area contributed by atoms with Crippen LogP contribution in [0.1, 0.15) is 46.4 Å². The Labute approximate surface area is 496 Å². The number of anilines is 1. The van der Waals surface area contributed by atoms with Gasteiger partial charge in [0.15, 0.2) is 6.61 Å². The van der Waals surface area contributed by atoms with Crippen molar-refractivity contribution in [3.63, 3.8) is 0 Å². The molecule has 2 aliphatic heterocycles. The van der Waals surface area contributed by atoms with Gasteiger partial charge in [-0.05, 0) is 97.5 Å². The SMILES string of the molecule is COc1ncc(-c2ccc3nccc(-c4ccc(COC(=O)NCCSSCC(NC(=O)COc5ccc6nccc(C(=O)NCC(=O)N7CC(F)(F)C[C@H]7C#N)c6c5)C(=O)NCCNC5OC5CCCc5ccc(C)cc5)nc4)c3c2)cc1N. The molecule has 4 aromatic heterocycles. The quantitative estimate of drug-likeness (QED) is 0.0173. The van der Waals surface area contributed by atoms with Gasteiger partial charge in [0.05, 0.1) is 60.4 Å². The third kappa shape index (κ3) is 16.8. The lowest BCUT2D eigenvalue weighted by Crippen LogP contribution is -2.50. The van der Waals surface area contributed by atoms with E-state index in [-0.39, 0.29) is 49.1 Å². The van der Waals surface area contributed by atoms with E-state index in [9.17, 15) is 38.0 Å². The van der Waals surface area contributed by atoms with Gasteiger partial charge in [-0.15, -0.1) is 0 Å². The Bertz CT molecular complexity index is 3580. The second-order valence-electron chi connectivity index (χ2n) is 20.1. The van der Waals surface area contributed by atoms with E-state index in [1.165, 1.54) is 58.2 Å². The number of rotatable bonds is 27. The average molecular weight is 1200 g/mol. The highest BCUT2D eigenvalue weighted by molar-refractivity contribution is 8.76. The third-order valence-electron chi connectivity index (χ3n) is 14.0. The number of fused-ring (bicyclic) bond motifs is 2. The lowest BCUT2D eigenvalue weighted by atomic mass is 9.98. The summed E-state index contributed by atoms with van der Waals surface area (Å²) in [4.78, 5) is 84.3. The number of likely N-dealkylation sites (tertiary alicyclic amines) is 1. The van der Waals surface area contributed by atoms with E-state index in [1.807, 2.05) is 36.4 Å². The highest BCUT2D eigenvalue weighted by Gasteiger charge is 2.47. The van der Waals surface area contributed by atoms with Crippen LogP contribution in [0.25, 0.3) is 44.1 Å². The number of nitriles is 1. The smallest absolute Gasteiger partial charge is 0.407 e. The first-order chi connectivity index (χ1) is 41.1. The molecule has 0 bridgehead atoms. The Morgan fingerprint density at radius 2 is 1.64 bits per heavy atom. The van der Waals surface area contributed by atoms with Crippen LogP contribution in [0, 0.1) is 18.3 Å². The standard InChI is InChI=1S/C60H62F2N12O9S2/c1-36-6-8-37(9-7-36)4-3-5-52-58(83-52)68-21-20-67-56(78)51(73-53(75)33-81-43-13-15-50-47(26-43)45(17-19-66-50)55(77)71-31-54(76)74-35-60(61,62)27-42(74)28-63)34-85-84-23-22-69-59(79)82-32-41-12-10-39(29-70-41)44-16-18-65-49-14-11-38(24-46(44)49)40-25-48(64)57(80-2)72-30-40/h6-19,24-26,29-30,42,51-52,58,68H,3-5,20-23,27,31-35,64H2,1-2H3,(H,67,78)(H,69,79)(H,71,77)(H,73,75)/t42-,51?,52?,58?/m0/s1. The van der Waals surface area contributed by atoms with Crippen molar-refractivity contribution in [2.24, 2.45) is 0 Å². The number of nitrogens with two attached hydrogens (primary N) is 1. The van der Waals surface area contributed by atoms with E-state index in [0.717, 1.165) is 57.3 Å². The summed E-state index contributed by atoms with van der Waals surface area (Å²) in [6, 6.07) is 27.2.